The van der Waals surface area contributed by atoms with E-state index in [1.54, 1.807) is 6.92 Å². The van der Waals surface area contributed by atoms with Gasteiger partial charge in [0.25, 0.3) is 0 Å². The van der Waals surface area contributed by atoms with E-state index in [2.05, 4.69) is 4.98 Å². The maximum atomic E-state index is 13.1. The number of ether oxygens (including phenoxy) is 3. The van der Waals surface area contributed by atoms with Crippen molar-refractivity contribution in [3.05, 3.63) is 34.7 Å². The van der Waals surface area contributed by atoms with Crippen LogP contribution in [-0.2, 0) is 41.4 Å². The molecule has 0 aromatic carbocycles. The average molecular weight is 459 g/mol. The Labute approximate surface area is 182 Å². The second-order valence-electron chi connectivity index (χ2n) is 7.26. The SMILES string of the molecule is CCOC(=O)C1(C)CCC(=O)/C(=C(\O)c2ccc(C(F)(F)F)nc2COCCOC)C1=O. The molecule has 1 aliphatic rings. The zero-order valence-electron chi connectivity index (χ0n) is 17.9. The van der Waals surface area contributed by atoms with Gasteiger partial charge in [0.05, 0.1) is 32.1 Å². The fourth-order valence-corrected chi connectivity index (χ4v) is 3.16. The van der Waals surface area contributed by atoms with Crippen molar-refractivity contribution >= 4 is 23.3 Å². The van der Waals surface area contributed by atoms with Gasteiger partial charge in [0.1, 0.15) is 22.4 Å². The minimum atomic E-state index is -4.76. The number of carbonyl (C=O) groups is 3. The fraction of sp³-hybridized carbons (Fsp3) is 0.524. The maximum absolute atomic E-state index is 13.1. The molecule has 176 valence electrons. The molecule has 1 unspecified atom stereocenters. The number of halogens is 3. The summed E-state index contributed by atoms with van der Waals surface area (Å²) in [5.41, 5.74) is -4.22. The summed E-state index contributed by atoms with van der Waals surface area (Å²) in [6.45, 7) is 2.61. The number of aromatic nitrogens is 1. The Hall–Kier alpha value is -2.79. The summed E-state index contributed by atoms with van der Waals surface area (Å²) in [5.74, 6) is -3.41. The molecule has 0 bridgehead atoms. The Morgan fingerprint density at radius 3 is 2.53 bits per heavy atom. The number of esters is 1. The molecule has 1 N–H and O–H groups in total. The lowest BCUT2D eigenvalue weighted by molar-refractivity contribution is -0.159. The van der Waals surface area contributed by atoms with Crippen molar-refractivity contribution in [3.63, 3.8) is 0 Å². The van der Waals surface area contributed by atoms with E-state index in [1.165, 1.54) is 14.0 Å². The summed E-state index contributed by atoms with van der Waals surface area (Å²) in [7, 11) is 1.41. The molecule has 0 amide bonds. The van der Waals surface area contributed by atoms with E-state index in [-0.39, 0.29) is 43.9 Å². The van der Waals surface area contributed by atoms with Crippen LogP contribution >= 0.6 is 0 Å². The first-order chi connectivity index (χ1) is 15.0. The number of pyridine rings is 1. The number of methoxy groups -OCH3 is 1. The summed E-state index contributed by atoms with van der Waals surface area (Å²) in [5, 5.41) is 10.8. The lowest BCUT2D eigenvalue weighted by atomic mass is 9.71. The normalized spacial score (nSPS) is 20.9. The second-order valence-corrected chi connectivity index (χ2v) is 7.26. The number of rotatable bonds is 8. The van der Waals surface area contributed by atoms with Gasteiger partial charge in [-0.15, -0.1) is 0 Å². The van der Waals surface area contributed by atoms with Gasteiger partial charge < -0.3 is 19.3 Å². The van der Waals surface area contributed by atoms with Gasteiger partial charge in [0, 0.05) is 19.1 Å². The number of carbonyl (C=O) groups excluding carboxylic acids is 3. The first kappa shape index (κ1) is 25.5. The van der Waals surface area contributed by atoms with E-state index >= 15 is 0 Å². The molecular formula is C21H24F3NO7. The molecule has 1 aliphatic carbocycles. The van der Waals surface area contributed by atoms with Gasteiger partial charge in [0.15, 0.2) is 11.6 Å². The van der Waals surface area contributed by atoms with Crippen molar-refractivity contribution in [3.8, 4) is 0 Å². The molecule has 1 saturated carbocycles. The highest BCUT2D eigenvalue weighted by atomic mass is 19.4. The fourth-order valence-electron chi connectivity index (χ4n) is 3.16. The average Bonchev–Trinajstić information content (AvgIpc) is 2.73. The highest BCUT2D eigenvalue weighted by molar-refractivity contribution is 6.31. The predicted octanol–water partition coefficient (Wildman–Crippen LogP) is 3.03. The van der Waals surface area contributed by atoms with Crippen LogP contribution in [0.15, 0.2) is 17.7 Å². The van der Waals surface area contributed by atoms with Crippen LogP contribution < -0.4 is 0 Å². The summed E-state index contributed by atoms with van der Waals surface area (Å²) >= 11 is 0. The van der Waals surface area contributed by atoms with Gasteiger partial charge in [-0.1, -0.05) is 0 Å². The van der Waals surface area contributed by atoms with Crippen molar-refractivity contribution < 1.29 is 46.9 Å². The molecule has 8 nitrogen and oxygen atoms in total. The van der Waals surface area contributed by atoms with Crippen molar-refractivity contribution in [2.24, 2.45) is 5.41 Å². The van der Waals surface area contributed by atoms with E-state index in [0.717, 1.165) is 6.07 Å². The summed E-state index contributed by atoms with van der Waals surface area (Å²) in [6, 6.07) is 1.52. The van der Waals surface area contributed by atoms with Crippen molar-refractivity contribution in [1.29, 1.82) is 0 Å². The van der Waals surface area contributed by atoms with Crippen LogP contribution in [0.25, 0.3) is 5.76 Å². The van der Waals surface area contributed by atoms with Crippen molar-refractivity contribution in [2.45, 2.75) is 39.5 Å². The predicted molar refractivity (Wildman–Crippen MR) is 104 cm³/mol. The molecule has 1 heterocycles. The van der Waals surface area contributed by atoms with E-state index in [1.807, 2.05) is 0 Å². The number of alkyl halides is 3. The number of hydrogen-bond donors (Lipinski definition) is 1. The van der Waals surface area contributed by atoms with Crippen LogP contribution in [-0.4, -0.2) is 54.6 Å². The number of allylic oxidation sites excluding steroid dienone is 1. The Kier molecular flexibility index (Phi) is 8.13. The first-order valence-corrected chi connectivity index (χ1v) is 9.80. The minimum absolute atomic E-state index is 0.00641. The number of hydrogen-bond acceptors (Lipinski definition) is 8. The molecule has 1 fully saturated rings. The number of nitrogens with zero attached hydrogens (tertiary/aromatic N) is 1. The van der Waals surface area contributed by atoms with E-state index in [4.69, 9.17) is 14.2 Å². The topological polar surface area (TPSA) is 112 Å². The highest BCUT2D eigenvalue weighted by Gasteiger charge is 2.50. The van der Waals surface area contributed by atoms with E-state index in [0.29, 0.717) is 6.07 Å². The lowest BCUT2D eigenvalue weighted by Gasteiger charge is -2.30. The maximum Gasteiger partial charge on any atom is 0.433 e. The Balaban J connectivity index is 2.56. The molecule has 0 aliphatic heterocycles. The van der Waals surface area contributed by atoms with Gasteiger partial charge in [0.2, 0.25) is 0 Å². The number of ketones is 2. The molecule has 2 rings (SSSR count). The summed E-state index contributed by atoms with van der Waals surface area (Å²) in [4.78, 5) is 41.4. The second kappa shape index (κ2) is 10.2. The molecule has 1 atom stereocenters. The Bertz CT molecular complexity index is 926. The third-order valence-corrected chi connectivity index (χ3v) is 5.01. The first-order valence-electron chi connectivity index (χ1n) is 9.80. The van der Waals surface area contributed by atoms with Crippen LogP contribution in [0.3, 0.4) is 0 Å². The van der Waals surface area contributed by atoms with E-state index < -0.39 is 52.8 Å². The molecule has 1 aromatic heterocycles. The molecule has 0 spiro atoms. The molecule has 1 aromatic rings. The summed E-state index contributed by atoms with van der Waals surface area (Å²) in [6.07, 6.45) is -5.10. The van der Waals surface area contributed by atoms with E-state index in [9.17, 15) is 32.7 Å². The Morgan fingerprint density at radius 2 is 1.94 bits per heavy atom. The van der Waals surface area contributed by atoms with Crippen molar-refractivity contribution in [2.75, 3.05) is 26.9 Å². The molecule has 0 radical (unpaired) electrons. The third-order valence-electron chi connectivity index (χ3n) is 5.01. The van der Waals surface area contributed by atoms with Crippen LogP contribution in [0, 0.1) is 5.41 Å². The number of aliphatic hydroxyl groups excluding tert-OH is 1. The third kappa shape index (κ3) is 5.33. The standard InChI is InChI=1S/C21H24F3NO7/c1-4-32-19(29)20(2)8-7-14(26)16(18(20)28)17(27)12-5-6-15(21(22,23)24)25-13(12)11-31-10-9-30-3/h5-6,27H,4,7-11H2,1-3H3/b17-16+. The zero-order chi connectivity index (χ0) is 24.1. The quantitative estimate of drug-likeness (QED) is 0.158. The van der Waals surface area contributed by atoms with Gasteiger partial charge in [-0.25, -0.2) is 4.98 Å². The number of Topliss-reactive ketones (excluding diaryl/α,β-unsaturated/α-hetero) is 2. The lowest BCUT2D eigenvalue weighted by Crippen LogP contribution is -2.44. The molecular weight excluding hydrogens is 435 g/mol. The van der Waals surface area contributed by atoms with Crippen molar-refractivity contribution in [1.82, 2.24) is 4.98 Å². The largest absolute Gasteiger partial charge is 0.506 e. The van der Waals surface area contributed by atoms with Crippen LogP contribution in [0.5, 0.6) is 0 Å². The van der Waals surface area contributed by atoms with Gasteiger partial charge >= 0.3 is 12.1 Å². The molecule has 11 heteroatoms. The minimum Gasteiger partial charge on any atom is -0.506 e. The monoisotopic (exact) mass is 459 g/mol. The van der Waals surface area contributed by atoms with Crippen LogP contribution in [0.2, 0.25) is 0 Å². The molecule has 0 saturated heterocycles. The van der Waals surface area contributed by atoms with Gasteiger partial charge in [-0.3, -0.25) is 14.4 Å². The number of aliphatic hydroxyl groups is 1. The van der Waals surface area contributed by atoms with Crippen LogP contribution in [0.4, 0.5) is 13.2 Å². The highest BCUT2D eigenvalue weighted by Crippen LogP contribution is 2.38. The zero-order valence-corrected chi connectivity index (χ0v) is 17.9. The van der Waals surface area contributed by atoms with Gasteiger partial charge in [-0.05, 0) is 32.4 Å². The van der Waals surface area contributed by atoms with Crippen LogP contribution in [0.1, 0.15) is 43.6 Å². The smallest absolute Gasteiger partial charge is 0.433 e. The van der Waals surface area contributed by atoms with Gasteiger partial charge in [-0.2, -0.15) is 13.2 Å². The summed E-state index contributed by atoms with van der Waals surface area (Å²) < 4.78 is 54.4. The Morgan fingerprint density at radius 1 is 1.25 bits per heavy atom. The molecule has 32 heavy (non-hydrogen) atoms.